The number of rotatable bonds is 9. The van der Waals surface area contributed by atoms with Gasteiger partial charge in [0.2, 0.25) is 5.82 Å². The molecule has 1 fully saturated rings. The van der Waals surface area contributed by atoms with Gasteiger partial charge in [-0.05, 0) is 53.3 Å². The van der Waals surface area contributed by atoms with Crippen molar-refractivity contribution in [3.05, 3.63) is 94.3 Å². The molecule has 5 rings (SSSR count). The first-order valence-corrected chi connectivity index (χ1v) is 14.2. The number of ether oxygens (including phenoxy) is 1. The van der Waals surface area contributed by atoms with Crippen LogP contribution in [0.1, 0.15) is 43.4 Å². The highest BCUT2D eigenvalue weighted by molar-refractivity contribution is 6.31. The van der Waals surface area contributed by atoms with Crippen molar-refractivity contribution in [1.82, 2.24) is 15.0 Å². The largest absolute Gasteiger partial charge is 0.506 e. The molecule has 3 aromatic carbocycles. The fraction of sp³-hybridized carbons (Fsp3) is 0.344. The van der Waals surface area contributed by atoms with Crippen LogP contribution in [0.4, 0.5) is 9.18 Å². The Kier molecular flexibility index (Phi) is 8.71. The zero-order chi connectivity index (χ0) is 29.0. The van der Waals surface area contributed by atoms with Crippen molar-refractivity contribution in [3.8, 4) is 22.8 Å². The van der Waals surface area contributed by atoms with Crippen molar-refractivity contribution in [2.24, 2.45) is 5.92 Å². The average molecular weight is 578 g/mol. The molecule has 41 heavy (non-hydrogen) atoms. The molecule has 0 aliphatic carbocycles. The van der Waals surface area contributed by atoms with Gasteiger partial charge in [-0.2, -0.15) is 4.98 Å². The van der Waals surface area contributed by atoms with Crippen LogP contribution in [0.2, 0.25) is 5.02 Å². The first-order valence-electron chi connectivity index (χ1n) is 13.8. The topological polar surface area (TPSA) is 88.7 Å². The van der Waals surface area contributed by atoms with E-state index in [2.05, 4.69) is 28.9 Å². The number of carbonyl (C=O) groups is 1. The minimum Gasteiger partial charge on any atom is -0.450 e. The zero-order valence-corrected chi connectivity index (χ0v) is 23.9. The van der Waals surface area contributed by atoms with Crippen LogP contribution in [0.15, 0.2) is 71.3 Å². The lowest BCUT2D eigenvalue weighted by molar-refractivity contribution is -0.0570. The summed E-state index contributed by atoms with van der Waals surface area (Å²) in [6.45, 7) is 6.41. The van der Waals surface area contributed by atoms with Gasteiger partial charge < -0.3 is 14.4 Å². The average Bonchev–Trinajstić information content (AvgIpc) is 3.43. The molecule has 1 N–H and O–H groups in total. The highest BCUT2D eigenvalue weighted by Gasteiger charge is 2.38. The lowest BCUT2D eigenvalue weighted by atomic mass is 9.85. The van der Waals surface area contributed by atoms with Crippen molar-refractivity contribution in [2.75, 3.05) is 13.1 Å². The highest BCUT2D eigenvalue weighted by atomic mass is 35.5. The summed E-state index contributed by atoms with van der Waals surface area (Å²) in [5, 5.41) is 14.2. The van der Waals surface area contributed by atoms with Gasteiger partial charge in [0, 0.05) is 55.0 Å². The SMILES string of the molecule is CC(C)Cc1ccc(-c2nc(-c3ccc(CN4CCC(Cc5ccc(F)cc5)(OC(=O)O)CC4)cc3)no2)cc1Cl. The molecule has 0 amide bonds. The summed E-state index contributed by atoms with van der Waals surface area (Å²) in [6, 6.07) is 20.0. The first-order chi connectivity index (χ1) is 19.7. The lowest BCUT2D eigenvalue weighted by Gasteiger charge is -2.40. The lowest BCUT2D eigenvalue weighted by Crippen LogP contribution is -2.48. The van der Waals surface area contributed by atoms with Gasteiger partial charge in [0.1, 0.15) is 11.4 Å². The van der Waals surface area contributed by atoms with Gasteiger partial charge >= 0.3 is 6.16 Å². The molecule has 1 aliphatic rings. The smallest absolute Gasteiger partial charge is 0.450 e. The van der Waals surface area contributed by atoms with Crippen LogP contribution in [0, 0.1) is 11.7 Å². The van der Waals surface area contributed by atoms with Crippen molar-refractivity contribution in [2.45, 2.75) is 51.7 Å². The maximum absolute atomic E-state index is 13.3. The third kappa shape index (κ3) is 7.31. The van der Waals surface area contributed by atoms with Crippen LogP contribution in [-0.2, 0) is 24.1 Å². The van der Waals surface area contributed by atoms with Crippen molar-refractivity contribution < 1.29 is 23.6 Å². The number of halogens is 2. The maximum atomic E-state index is 13.3. The Bertz CT molecular complexity index is 1480. The molecule has 1 aromatic heterocycles. The van der Waals surface area contributed by atoms with E-state index < -0.39 is 11.8 Å². The van der Waals surface area contributed by atoms with E-state index in [1.807, 2.05) is 42.5 Å². The zero-order valence-electron chi connectivity index (χ0n) is 23.1. The number of hydrogen-bond donors (Lipinski definition) is 1. The van der Waals surface area contributed by atoms with E-state index in [1.165, 1.54) is 12.1 Å². The molecule has 1 saturated heterocycles. The molecule has 7 nitrogen and oxygen atoms in total. The van der Waals surface area contributed by atoms with Crippen LogP contribution in [0.25, 0.3) is 22.8 Å². The molecule has 2 heterocycles. The molecular formula is C32H33ClFN3O4. The Morgan fingerprint density at radius 1 is 1.05 bits per heavy atom. The second-order valence-electron chi connectivity index (χ2n) is 11.2. The summed E-state index contributed by atoms with van der Waals surface area (Å²) in [6.07, 6.45) is 1.16. The molecule has 0 spiro atoms. The van der Waals surface area contributed by atoms with E-state index in [0.29, 0.717) is 55.0 Å². The summed E-state index contributed by atoms with van der Waals surface area (Å²) >= 11 is 6.48. The fourth-order valence-electron chi connectivity index (χ4n) is 5.35. The molecule has 0 unspecified atom stereocenters. The van der Waals surface area contributed by atoms with E-state index in [9.17, 15) is 14.3 Å². The predicted molar refractivity (Wildman–Crippen MR) is 155 cm³/mol. The summed E-state index contributed by atoms with van der Waals surface area (Å²) in [5.41, 5.74) is 3.88. The minimum absolute atomic E-state index is 0.320. The summed E-state index contributed by atoms with van der Waals surface area (Å²) in [7, 11) is 0. The van der Waals surface area contributed by atoms with Crippen LogP contribution >= 0.6 is 11.6 Å². The summed E-state index contributed by atoms with van der Waals surface area (Å²) in [4.78, 5) is 18.3. The quantitative estimate of drug-likeness (QED) is 0.204. The van der Waals surface area contributed by atoms with Gasteiger partial charge in [0.05, 0.1) is 0 Å². The van der Waals surface area contributed by atoms with Crippen LogP contribution in [-0.4, -0.2) is 45.0 Å². The van der Waals surface area contributed by atoms with Gasteiger partial charge in [-0.1, -0.05) is 73.1 Å². The Hall–Kier alpha value is -3.75. The maximum Gasteiger partial charge on any atom is 0.506 e. The molecule has 0 radical (unpaired) electrons. The van der Waals surface area contributed by atoms with E-state index in [1.54, 1.807) is 12.1 Å². The molecule has 0 atom stereocenters. The van der Waals surface area contributed by atoms with Crippen molar-refractivity contribution >= 4 is 17.8 Å². The van der Waals surface area contributed by atoms with Gasteiger partial charge in [-0.15, -0.1) is 0 Å². The van der Waals surface area contributed by atoms with Crippen LogP contribution < -0.4 is 0 Å². The van der Waals surface area contributed by atoms with Gasteiger partial charge in [0.15, 0.2) is 0 Å². The van der Waals surface area contributed by atoms with E-state index in [-0.39, 0.29) is 5.82 Å². The highest BCUT2D eigenvalue weighted by Crippen LogP contribution is 2.32. The Labute approximate surface area is 243 Å². The van der Waals surface area contributed by atoms with E-state index >= 15 is 0 Å². The Morgan fingerprint density at radius 2 is 1.71 bits per heavy atom. The standard InChI is InChI=1S/C32H33ClFN3O4/c1-21(2)17-25-9-10-26(18-28(25)33)30-35-29(36-41-30)24-7-3-23(4-8-24)20-37-15-13-32(14-16-37,40-31(38)39)19-22-5-11-27(34)12-6-22/h3-12,18,21H,13-17,19-20H2,1-2H3,(H,38,39). The molecular weight excluding hydrogens is 545 g/mol. The van der Waals surface area contributed by atoms with Crippen molar-refractivity contribution in [1.29, 1.82) is 0 Å². The fourth-order valence-corrected chi connectivity index (χ4v) is 5.61. The molecule has 0 bridgehead atoms. The van der Waals surface area contributed by atoms with Crippen LogP contribution in [0.5, 0.6) is 0 Å². The van der Waals surface area contributed by atoms with Gasteiger partial charge in [-0.25, -0.2) is 9.18 Å². The normalized spacial score (nSPS) is 15.2. The summed E-state index contributed by atoms with van der Waals surface area (Å²) in [5.74, 6) is 1.12. The second kappa shape index (κ2) is 12.4. The minimum atomic E-state index is -1.29. The van der Waals surface area contributed by atoms with E-state index in [4.69, 9.17) is 20.9 Å². The van der Waals surface area contributed by atoms with E-state index in [0.717, 1.165) is 40.8 Å². The molecule has 9 heteroatoms. The number of carboxylic acid groups (broad SMARTS) is 1. The predicted octanol–water partition coefficient (Wildman–Crippen LogP) is 7.67. The Balaban J connectivity index is 1.20. The van der Waals surface area contributed by atoms with Gasteiger partial charge in [0.25, 0.3) is 5.89 Å². The summed E-state index contributed by atoms with van der Waals surface area (Å²) < 4.78 is 24.3. The number of nitrogens with zero attached hydrogens (tertiary/aromatic N) is 3. The van der Waals surface area contributed by atoms with Crippen LogP contribution in [0.3, 0.4) is 0 Å². The second-order valence-corrected chi connectivity index (χ2v) is 11.6. The number of benzene rings is 3. The number of hydrogen-bond acceptors (Lipinski definition) is 6. The third-order valence-corrected chi connectivity index (χ3v) is 7.84. The molecule has 4 aromatic rings. The Morgan fingerprint density at radius 3 is 2.34 bits per heavy atom. The van der Waals surface area contributed by atoms with Gasteiger partial charge in [-0.3, -0.25) is 4.90 Å². The molecule has 214 valence electrons. The number of piperidine rings is 1. The van der Waals surface area contributed by atoms with Crippen molar-refractivity contribution in [3.63, 3.8) is 0 Å². The molecule has 0 saturated carbocycles. The molecule has 1 aliphatic heterocycles. The monoisotopic (exact) mass is 577 g/mol. The number of likely N-dealkylation sites (tertiary alicyclic amines) is 1. The third-order valence-electron chi connectivity index (χ3n) is 7.48. The number of aromatic nitrogens is 2. The first kappa shape index (κ1) is 28.8.